The SMILES string of the molecule is C=C1CC2CCC3[C@](C)(C(=O)OC4CC(CO)C(O)C(O)C4OC4OC(CO)C(O)C(O)C4O)CCC[C@@]3(C)[C@@H]2CCC1OC(OC(CO)C(C)O)C(OC1OC(CO)C(O)C(O)C1O)OC1OC(CO)C(O)C(O)C1O. The number of ether oxygens (including phenoxy) is 9. The average molecular weight is 1120 g/mol. The molecule has 0 aromatic carbocycles. The second-order valence-corrected chi connectivity index (χ2v) is 22.7. The Bertz CT molecular complexity index is 1860. The van der Waals surface area contributed by atoms with E-state index in [1.807, 2.05) is 6.92 Å². The molecule has 4 aliphatic carbocycles. The van der Waals surface area contributed by atoms with E-state index in [4.69, 9.17) is 42.6 Å². The fraction of sp³-hybridized carbons (Fsp3) is 0.940. The lowest BCUT2D eigenvalue weighted by atomic mass is 9.45. The maximum atomic E-state index is 14.9. The molecule has 0 radical (unpaired) electrons. The minimum atomic E-state index is -2.08. The molecule has 7 rings (SSSR count). The summed E-state index contributed by atoms with van der Waals surface area (Å²) in [6.07, 6.45) is -37.3. The summed E-state index contributed by atoms with van der Waals surface area (Å²) in [5, 5.41) is 180. The zero-order valence-corrected chi connectivity index (χ0v) is 43.5. The van der Waals surface area contributed by atoms with Crippen LogP contribution < -0.4 is 0 Å². The Hall–Kier alpha value is -1.79. The van der Waals surface area contributed by atoms with Crippen LogP contribution in [-0.2, 0) is 47.4 Å². The molecule has 0 spiro atoms. The van der Waals surface area contributed by atoms with Crippen LogP contribution in [0.5, 0.6) is 0 Å². The van der Waals surface area contributed by atoms with Gasteiger partial charge in [-0.25, -0.2) is 0 Å². The number of esters is 1. The first-order valence-corrected chi connectivity index (χ1v) is 26.7. The van der Waals surface area contributed by atoms with Crippen molar-refractivity contribution in [1.82, 2.24) is 0 Å². The summed E-state index contributed by atoms with van der Waals surface area (Å²) >= 11 is 0. The van der Waals surface area contributed by atoms with Gasteiger partial charge in [0.1, 0.15) is 97.7 Å². The first kappa shape index (κ1) is 62.8. The highest BCUT2D eigenvalue weighted by Crippen LogP contribution is 2.64. The number of aliphatic hydroxyl groups is 17. The summed E-state index contributed by atoms with van der Waals surface area (Å²) in [4.78, 5) is 14.9. The zero-order chi connectivity index (χ0) is 56.6. The van der Waals surface area contributed by atoms with Crippen molar-refractivity contribution in [2.45, 2.75) is 226 Å². The normalized spacial score (nSPS) is 48.4. The summed E-state index contributed by atoms with van der Waals surface area (Å²) in [6, 6.07) is 0. The van der Waals surface area contributed by atoms with Gasteiger partial charge in [0, 0.05) is 12.5 Å². The van der Waals surface area contributed by atoms with E-state index in [0.29, 0.717) is 50.5 Å². The predicted octanol–water partition coefficient (Wildman–Crippen LogP) is -6.17. The highest BCUT2D eigenvalue weighted by Gasteiger charge is 2.61. The molecule has 77 heavy (non-hydrogen) atoms. The number of hydrogen-bond acceptors (Lipinski definition) is 27. The van der Waals surface area contributed by atoms with Crippen LogP contribution in [0, 0.1) is 34.5 Å². The van der Waals surface area contributed by atoms with Crippen LogP contribution in [0.15, 0.2) is 12.2 Å². The molecule has 4 saturated carbocycles. The molecule has 27 nitrogen and oxygen atoms in total. The zero-order valence-electron chi connectivity index (χ0n) is 43.5. The summed E-state index contributed by atoms with van der Waals surface area (Å²) in [5.74, 6) is -2.00. The molecule has 17 N–H and O–H groups in total. The van der Waals surface area contributed by atoms with Crippen molar-refractivity contribution in [3.63, 3.8) is 0 Å². The number of hydrogen-bond donors (Lipinski definition) is 17. The maximum Gasteiger partial charge on any atom is 0.312 e. The fourth-order valence-corrected chi connectivity index (χ4v) is 13.3. The Kier molecular flexibility index (Phi) is 21.4. The van der Waals surface area contributed by atoms with E-state index < -0.39 is 203 Å². The summed E-state index contributed by atoms with van der Waals surface area (Å²) < 4.78 is 53.9. The number of fused-ring (bicyclic) bond motifs is 3. The summed E-state index contributed by atoms with van der Waals surface area (Å²) in [5.41, 5.74) is -1.11. The summed E-state index contributed by atoms with van der Waals surface area (Å²) in [7, 11) is 0. The first-order valence-electron chi connectivity index (χ1n) is 26.7. The number of rotatable bonds is 19. The summed E-state index contributed by atoms with van der Waals surface area (Å²) in [6.45, 7) is 5.75. The molecule has 446 valence electrons. The Balaban J connectivity index is 1.14. The van der Waals surface area contributed by atoms with Crippen molar-refractivity contribution in [3.8, 4) is 0 Å². The van der Waals surface area contributed by atoms with Gasteiger partial charge >= 0.3 is 5.97 Å². The van der Waals surface area contributed by atoms with Crippen LogP contribution in [0.4, 0.5) is 0 Å². The van der Waals surface area contributed by atoms with Crippen molar-refractivity contribution in [1.29, 1.82) is 0 Å². The van der Waals surface area contributed by atoms with E-state index >= 15 is 0 Å². The Labute approximate surface area is 445 Å². The largest absolute Gasteiger partial charge is 0.459 e. The van der Waals surface area contributed by atoms with Crippen LogP contribution in [0.1, 0.15) is 78.6 Å². The molecule has 7 aliphatic rings. The first-order chi connectivity index (χ1) is 36.4. The molecule has 26 unspecified atom stereocenters. The van der Waals surface area contributed by atoms with Gasteiger partial charge in [0.25, 0.3) is 0 Å². The fourth-order valence-electron chi connectivity index (χ4n) is 13.3. The van der Waals surface area contributed by atoms with E-state index in [0.717, 1.165) is 0 Å². The van der Waals surface area contributed by atoms with Gasteiger partial charge < -0.3 is 129 Å². The van der Waals surface area contributed by atoms with Crippen molar-refractivity contribution in [2.24, 2.45) is 34.5 Å². The van der Waals surface area contributed by atoms with Crippen molar-refractivity contribution < 1.29 is 134 Å². The van der Waals surface area contributed by atoms with Gasteiger partial charge in [-0.05, 0) is 94.0 Å². The monoisotopic (exact) mass is 1120 g/mol. The molecule has 3 saturated heterocycles. The molecular weight excluding hydrogens is 1030 g/mol. The molecule has 0 aromatic rings. The third-order valence-corrected chi connectivity index (χ3v) is 17.9. The second-order valence-electron chi connectivity index (χ2n) is 22.7. The predicted molar refractivity (Wildman–Crippen MR) is 254 cm³/mol. The van der Waals surface area contributed by atoms with Gasteiger partial charge in [-0.15, -0.1) is 0 Å². The standard InChI is InChI=1S/C50H84O27/c1-19-12-21-6-9-30-49(3,10-5-11-50(30,4)48(68)74-25-13-22(14-51)31(57)38(64)42(25)75-43-39(65)35(61)32(58)27(16-53)71-43)23(21)7-8-24(19)69-46(70-26(15-52)20(2)56)47(76-44-40(66)36(62)33(59)28(17-54)72-44)77-45-41(67)37(63)34(60)29(18-55)73-45/h20-47,51-67H,1,5-18H2,2-4H3/t20?,21?,22?,23-,24?,25?,26?,27?,28?,29?,30?,31?,32?,33?,34?,35?,36?,37?,38?,39?,40?,41?,42?,43?,44?,45?,46?,47?,49+,50-/m1/s1. The maximum absolute atomic E-state index is 14.9. The average Bonchev–Trinajstić information content (AvgIpc) is 3.58. The molecule has 27 heteroatoms. The number of carbonyl (C=O) groups is 1. The van der Waals surface area contributed by atoms with Gasteiger partial charge in [0.15, 0.2) is 18.9 Å². The van der Waals surface area contributed by atoms with E-state index in [9.17, 15) is 91.6 Å². The Morgan fingerprint density at radius 1 is 0.636 bits per heavy atom. The van der Waals surface area contributed by atoms with Gasteiger partial charge in [-0.3, -0.25) is 4.79 Å². The molecule has 3 heterocycles. The van der Waals surface area contributed by atoms with Crippen LogP contribution >= 0.6 is 0 Å². The van der Waals surface area contributed by atoms with E-state index in [1.54, 1.807) is 0 Å². The number of carbonyl (C=O) groups excluding carboxylic acids is 1. The molecular formula is C50H84O27. The highest BCUT2D eigenvalue weighted by atomic mass is 16.8. The van der Waals surface area contributed by atoms with Gasteiger partial charge in [-0.2, -0.15) is 0 Å². The van der Waals surface area contributed by atoms with E-state index in [-0.39, 0.29) is 30.6 Å². The van der Waals surface area contributed by atoms with Crippen LogP contribution in [0.3, 0.4) is 0 Å². The molecule has 29 atom stereocenters. The third-order valence-electron chi connectivity index (χ3n) is 17.9. The third kappa shape index (κ3) is 12.8. The number of aliphatic hydroxyl groups excluding tert-OH is 17. The molecule has 0 aromatic heterocycles. The van der Waals surface area contributed by atoms with Crippen LogP contribution in [-0.4, -0.2) is 273 Å². The van der Waals surface area contributed by atoms with Crippen molar-refractivity contribution in [3.05, 3.63) is 12.2 Å². The second kappa shape index (κ2) is 26.2. The molecule has 0 amide bonds. The lowest BCUT2D eigenvalue weighted by Crippen LogP contribution is -2.63. The Morgan fingerprint density at radius 2 is 1.17 bits per heavy atom. The topological polar surface area (TPSA) is 444 Å². The molecule has 3 aliphatic heterocycles. The van der Waals surface area contributed by atoms with Crippen LogP contribution in [0.2, 0.25) is 0 Å². The molecule has 0 bridgehead atoms. The van der Waals surface area contributed by atoms with Gasteiger partial charge in [0.2, 0.25) is 12.6 Å². The van der Waals surface area contributed by atoms with E-state index in [2.05, 4.69) is 13.5 Å². The highest BCUT2D eigenvalue weighted by molar-refractivity contribution is 5.77. The Morgan fingerprint density at radius 3 is 1.68 bits per heavy atom. The van der Waals surface area contributed by atoms with Crippen molar-refractivity contribution >= 4 is 5.97 Å². The quantitative estimate of drug-likeness (QED) is 0.0325. The lowest BCUT2D eigenvalue weighted by Gasteiger charge is -2.59. The minimum Gasteiger partial charge on any atom is -0.459 e. The lowest BCUT2D eigenvalue weighted by molar-refractivity contribution is -0.416. The van der Waals surface area contributed by atoms with Crippen LogP contribution in [0.25, 0.3) is 0 Å². The van der Waals surface area contributed by atoms with E-state index in [1.165, 1.54) is 6.92 Å². The molecule has 7 fully saturated rings. The minimum absolute atomic E-state index is 0.0131. The smallest absolute Gasteiger partial charge is 0.312 e. The van der Waals surface area contributed by atoms with Gasteiger partial charge in [-0.1, -0.05) is 19.9 Å². The van der Waals surface area contributed by atoms with Gasteiger partial charge in [0.05, 0.1) is 50.2 Å². The van der Waals surface area contributed by atoms with Crippen molar-refractivity contribution in [2.75, 3.05) is 33.0 Å².